The Morgan fingerprint density at radius 3 is 1.94 bits per heavy atom. The second-order valence-corrected chi connectivity index (χ2v) is 7.41. The Bertz CT molecular complexity index is 474. The molecule has 0 bridgehead atoms. The highest BCUT2D eigenvalue weighted by molar-refractivity contribution is 7.86. The van der Waals surface area contributed by atoms with Gasteiger partial charge in [0.2, 0.25) is 0 Å². The van der Waals surface area contributed by atoms with Gasteiger partial charge in [0.05, 0.1) is 0 Å². The second kappa shape index (κ2) is 5.25. The van der Waals surface area contributed by atoms with Gasteiger partial charge >= 0.3 is 8.80 Å². The molecule has 0 aliphatic heterocycles. The standard InChI is InChI=1S/C9H14O6SSi/c1-13-17(14-2,15-3)9-7-5-4-6-8(9)16(10,11)12/h4-7H,1-3H3,(H,10,11,12). The van der Waals surface area contributed by atoms with Crippen molar-refractivity contribution in [3.8, 4) is 0 Å². The summed E-state index contributed by atoms with van der Waals surface area (Å²) in [6.45, 7) is 0. The molecule has 0 aromatic heterocycles. The summed E-state index contributed by atoms with van der Waals surface area (Å²) >= 11 is 0. The minimum Gasteiger partial charge on any atom is -0.373 e. The summed E-state index contributed by atoms with van der Waals surface area (Å²) in [5, 5.41) is 0.204. The lowest BCUT2D eigenvalue weighted by atomic mass is 10.4. The van der Waals surface area contributed by atoms with Gasteiger partial charge in [0.15, 0.2) is 0 Å². The summed E-state index contributed by atoms with van der Waals surface area (Å²) < 4.78 is 47.2. The molecule has 1 rings (SSSR count). The van der Waals surface area contributed by atoms with Gasteiger partial charge in [-0.15, -0.1) is 0 Å². The predicted molar refractivity (Wildman–Crippen MR) is 62.7 cm³/mol. The third-order valence-corrected chi connectivity index (χ3v) is 6.10. The van der Waals surface area contributed by atoms with Gasteiger partial charge in [0, 0.05) is 26.5 Å². The summed E-state index contributed by atoms with van der Waals surface area (Å²) in [4.78, 5) is -0.266. The normalized spacial score (nSPS) is 12.7. The maximum Gasteiger partial charge on any atom is 0.537 e. The zero-order valence-corrected chi connectivity index (χ0v) is 11.5. The van der Waals surface area contributed by atoms with E-state index in [1.54, 1.807) is 6.07 Å². The van der Waals surface area contributed by atoms with Crippen LogP contribution in [0.3, 0.4) is 0 Å². The third kappa shape index (κ3) is 2.73. The topological polar surface area (TPSA) is 82.1 Å². The lowest BCUT2D eigenvalue weighted by Gasteiger charge is -2.25. The predicted octanol–water partition coefficient (Wildman–Crippen LogP) is 0.0184. The Balaban J connectivity index is 3.50. The Kier molecular flexibility index (Phi) is 4.41. The summed E-state index contributed by atoms with van der Waals surface area (Å²) in [6, 6.07) is 5.87. The molecular formula is C9H14O6SSi. The lowest BCUT2D eigenvalue weighted by Crippen LogP contribution is -2.56. The van der Waals surface area contributed by atoms with E-state index < -0.39 is 18.9 Å². The highest BCUT2D eigenvalue weighted by Crippen LogP contribution is 2.14. The molecule has 0 amide bonds. The van der Waals surface area contributed by atoms with Gasteiger partial charge in [-0.3, -0.25) is 4.55 Å². The van der Waals surface area contributed by atoms with Crippen LogP contribution in [0.1, 0.15) is 0 Å². The molecule has 0 heterocycles. The van der Waals surface area contributed by atoms with Crippen LogP contribution in [-0.2, 0) is 23.4 Å². The number of hydrogen-bond donors (Lipinski definition) is 1. The van der Waals surface area contributed by atoms with Crippen molar-refractivity contribution in [2.45, 2.75) is 4.90 Å². The van der Waals surface area contributed by atoms with E-state index in [1.807, 2.05) is 0 Å². The van der Waals surface area contributed by atoms with Crippen molar-refractivity contribution in [2.75, 3.05) is 21.3 Å². The van der Waals surface area contributed by atoms with Gasteiger partial charge in [-0.25, -0.2) is 0 Å². The maximum atomic E-state index is 11.3. The molecule has 0 aliphatic carbocycles. The quantitative estimate of drug-likeness (QED) is 0.604. The van der Waals surface area contributed by atoms with E-state index in [9.17, 15) is 8.42 Å². The number of benzene rings is 1. The fourth-order valence-electron chi connectivity index (χ4n) is 1.52. The SMILES string of the molecule is CO[Si](OC)(OC)c1ccccc1S(=O)(=O)O. The van der Waals surface area contributed by atoms with Crippen LogP contribution in [0.5, 0.6) is 0 Å². The summed E-state index contributed by atoms with van der Waals surface area (Å²) in [6.07, 6.45) is 0. The van der Waals surface area contributed by atoms with Crippen LogP contribution in [0, 0.1) is 0 Å². The van der Waals surface area contributed by atoms with E-state index in [0.717, 1.165) is 0 Å². The van der Waals surface area contributed by atoms with Gasteiger partial charge < -0.3 is 13.3 Å². The number of rotatable bonds is 5. The summed E-state index contributed by atoms with van der Waals surface area (Å²) in [5.41, 5.74) is 0. The van der Waals surface area contributed by atoms with Crippen molar-refractivity contribution in [3.05, 3.63) is 24.3 Å². The van der Waals surface area contributed by atoms with E-state index >= 15 is 0 Å². The molecule has 17 heavy (non-hydrogen) atoms. The zero-order valence-electron chi connectivity index (χ0n) is 9.71. The Hall–Kier alpha value is -0.773. The highest BCUT2D eigenvalue weighted by Gasteiger charge is 2.44. The largest absolute Gasteiger partial charge is 0.537 e. The Labute approximate surface area is 101 Å². The molecule has 0 unspecified atom stereocenters. The fraction of sp³-hybridized carbons (Fsp3) is 0.333. The molecule has 0 saturated heterocycles. The molecule has 0 fully saturated rings. The molecule has 0 spiro atoms. The van der Waals surface area contributed by atoms with Crippen molar-refractivity contribution in [1.29, 1.82) is 0 Å². The van der Waals surface area contributed by atoms with Gasteiger partial charge in [0.1, 0.15) is 4.90 Å². The van der Waals surface area contributed by atoms with Crippen molar-refractivity contribution in [2.24, 2.45) is 0 Å². The van der Waals surface area contributed by atoms with Crippen LogP contribution in [0.25, 0.3) is 0 Å². The van der Waals surface area contributed by atoms with Crippen LogP contribution in [-0.4, -0.2) is 43.1 Å². The Morgan fingerprint density at radius 2 is 1.53 bits per heavy atom. The van der Waals surface area contributed by atoms with Crippen LogP contribution in [0.2, 0.25) is 0 Å². The molecule has 0 aliphatic rings. The third-order valence-electron chi connectivity index (χ3n) is 2.30. The molecule has 1 N–H and O–H groups in total. The van der Waals surface area contributed by atoms with Gasteiger partial charge in [-0.05, 0) is 6.07 Å². The minimum atomic E-state index is -4.35. The van der Waals surface area contributed by atoms with E-state index in [1.165, 1.54) is 39.5 Å². The van der Waals surface area contributed by atoms with Crippen LogP contribution in [0.15, 0.2) is 29.2 Å². The van der Waals surface area contributed by atoms with Crippen LogP contribution >= 0.6 is 0 Å². The van der Waals surface area contributed by atoms with Crippen molar-refractivity contribution < 1.29 is 26.2 Å². The molecule has 1 aromatic carbocycles. The Morgan fingerprint density at radius 1 is 1.06 bits per heavy atom. The van der Waals surface area contributed by atoms with Gasteiger partial charge in [-0.2, -0.15) is 8.42 Å². The first-order valence-electron chi connectivity index (χ1n) is 4.63. The molecule has 0 saturated carbocycles. The highest BCUT2D eigenvalue weighted by atomic mass is 32.2. The molecule has 1 aromatic rings. The first-order valence-corrected chi connectivity index (χ1v) is 7.80. The van der Waals surface area contributed by atoms with Gasteiger partial charge in [-0.1, -0.05) is 18.2 Å². The minimum absolute atomic E-state index is 0.204. The van der Waals surface area contributed by atoms with E-state index in [2.05, 4.69) is 0 Å². The smallest absolute Gasteiger partial charge is 0.373 e. The number of hydrogen-bond acceptors (Lipinski definition) is 5. The monoisotopic (exact) mass is 278 g/mol. The van der Waals surface area contributed by atoms with E-state index in [4.69, 9.17) is 17.8 Å². The van der Waals surface area contributed by atoms with E-state index in [0.29, 0.717) is 0 Å². The molecule has 0 atom stereocenters. The van der Waals surface area contributed by atoms with Crippen molar-refractivity contribution >= 4 is 24.1 Å². The first kappa shape index (κ1) is 14.3. The maximum absolute atomic E-state index is 11.3. The lowest BCUT2D eigenvalue weighted by molar-refractivity contribution is 0.139. The van der Waals surface area contributed by atoms with Crippen LogP contribution in [0.4, 0.5) is 0 Å². The first-order chi connectivity index (χ1) is 7.91. The average molecular weight is 278 g/mol. The summed E-state index contributed by atoms with van der Waals surface area (Å²) in [7, 11) is -3.56. The average Bonchev–Trinajstić information content (AvgIpc) is 2.31. The van der Waals surface area contributed by atoms with E-state index in [-0.39, 0.29) is 10.1 Å². The molecule has 6 nitrogen and oxygen atoms in total. The molecular weight excluding hydrogens is 264 g/mol. The zero-order chi connectivity index (χ0) is 13.1. The molecule has 0 radical (unpaired) electrons. The second-order valence-electron chi connectivity index (χ2n) is 3.14. The summed E-state index contributed by atoms with van der Waals surface area (Å²) in [5.74, 6) is 0. The molecule has 96 valence electrons. The van der Waals surface area contributed by atoms with Crippen LogP contribution < -0.4 is 5.19 Å². The van der Waals surface area contributed by atoms with Crippen molar-refractivity contribution in [3.63, 3.8) is 0 Å². The molecule has 8 heteroatoms. The fourth-order valence-corrected chi connectivity index (χ4v) is 4.73. The van der Waals surface area contributed by atoms with Crippen molar-refractivity contribution in [1.82, 2.24) is 0 Å². The van der Waals surface area contributed by atoms with Gasteiger partial charge in [0.25, 0.3) is 10.1 Å².